The summed E-state index contributed by atoms with van der Waals surface area (Å²) in [6.45, 7) is 4.38. The third-order valence-corrected chi connectivity index (χ3v) is 6.98. The molecule has 0 amide bonds. The van der Waals surface area contributed by atoms with Gasteiger partial charge in [-0.15, -0.1) is 0 Å². The Labute approximate surface area is 224 Å². The molecule has 200 valence electrons. The van der Waals surface area contributed by atoms with Crippen molar-refractivity contribution in [2.24, 2.45) is 4.99 Å². The normalized spacial score (nSPS) is 15.1. The molecule has 0 aliphatic carbocycles. The van der Waals surface area contributed by atoms with E-state index in [2.05, 4.69) is 4.99 Å². The van der Waals surface area contributed by atoms with Crippen molar-refractivity contribution < 1.29 is 28.5 Å². The molecule has 0 saturated carbocycles. The van der Waals surface area contributed by atoms with Crippen molar-refractivity contribution in [1.29, 1.82) is 0 Å². The van der Waals surface area contributed by atoms with Crippen LogP contribution in [0.2, 0.25) is 0 Å². The lowest BCUT2D eigenvalue weighted by molar-refractivity contribution is -0.140. The molecule has 1 aliphatic rings. The fourth-order valence-corrected chi connectivity index (χ4v) is 5.35. The summed E-state index contributed by atoms with van der Waals surface area (Å²) >= 11 is 1.23. The maximum Gasteiger partial charge on any atom is 0.338 e. The van der Waals surface area contributed by atoms with E-state index in [9.17, 15) is 9.59 Å². The van der Waals surface area contributed by atoms with E-state index >= 15 is 0 Å². The molecule has 0 saturated heterocycles. The number of carbonyl (C=O) groups is 1. The molecule has 0 bridgehead atoms. The van der Waals surface area contributed by atoms with Crippen LogP contribution in [-0.2, 0) is 14.3 Å². The van der Waals surface area contributed by atoms with Crippen LogP contribution in [0.25, 0.3) is 6.08 Å². The largest absolute Gasteiger partial charge is 0.496 e. The minimum absolute atomic E-state index is 0.0746. The van der Waals surface area contributed by atoms with Crippen LogP contribution in [0, 0.1) is 0 Å². The summed E-state index contributed by atoms with van der Waals surface area (Å²) < 4.78 is 29.3. The highest BCUT2D eigenvalue weighted by atomic mass is 32.1. The number of nitrogens with zero attached hydrogens (tertiary/aromatic N) is 2. The topological polar surface area (TPSA) is 97.6 Å². The number of esters is 1. The van der Waals surface area contributed by atoms with E-state index in [-0.39, 0.29) is 24.3 Å². The number of allylic oxidation sites excluding steroid dienone is 1. The first-order valence-corrected chi connectivity index (χ1v) is 12.9. The molecule has 0 N–H and O–H groups in total. The Bertz CT molecular complexity index is 1540. The Morgan fingerprint density at radius 2 is 1.79 bits per heavy atom. The number of thiazole rings is 1. The number of hydrogen-bond donors (Lipinski definition) is 0. The first kappa shape index (κ1) is 27.2. The zero-order chi connectivity index (χ0) is 27.2. The molecule has 1 atom stereocenters. The van der Waals surface area contributed by atoms with E-state index in [0.717, 1.165) is 0 Å². The second kappa shape index (κ2) is 12.1. The maximum atomic E-state index is 13.9. The van der Waals surface area contributed by atoms with Crippen molar-refractivity contribution in [2.45, 2.75) is 19.9 Å². The van der Waals surface area contributed by atoms with E-state index in [1.165, 1.54) is 23.0 Å². The fourth-order valence-electron chi connectivity index (χ4n) is 4.31. The molecule has 10 heteroatoms. The second-order valence-corrected chi connectivity index (χ2v) is 9.27. The number of methoxy groups -OCH3 is 3. The number of benzene rings is 2. The van der Waals surface area contributed by atoms with Gasteiger partial charge in [0.05, 0.1) is 43.2 Å². The van der Waals surface area contributed by atoms with Crippen molar-refractivity contribution in [3.05, 3.63) is 84.5 Å². The van der Waals surface area contributed by atoms with Crippen molar-refractivity contribution >= 4 is 23.4 Å². The predicted molar refractivity (Wildman–Crippen MR) is 144 cm³/mol. The van der Waals surface area contributed by atoms with Gasteiger partial charge in [0.2, 0.25) is 0 Å². The van der Waals surface area contributed by atoms with Gasteiger partial charge in [0.15, 0.2) is 16.3 Å². The number of hydrogen-bond acceptors (Lipinski definition) is 9. The zero-order valence-corrected chi connectivity index (χ0v) is 22.8. The Kier molecular flexibility index (Phi) is 8.65. The third-order valence-electron chi connectivity index (χ3n) is 6.00. The number of fused-ring (bicyclic) bond motifs is 1. The lowest BCUT2D eigenvalue weighted by Crippen LogP contribution is -2.40. The molecular formula is C28H30N2O7S. The molecule has 3 aromatic rings. The van der Waals surface area contributed by atoms with E-state index < -0.39 is 12.0 Å². The van der Waals surface area contributed by atoms with Gasteiger partial charge in [-0.3, -0.25) is 9.36 Å². The van der Waals surface area contributed by atoms with E-state index in [1.807, 2.05) is 37.3 Å². The first-order valence-electron chi connectivity index (χ1n) is 12.1. The molecule has 1 aliphatic heterocycles. The molecule has 1 aromatic heterocycles. The third kappa shape index (κ3) is 5.23. The van der Waals surface area contributed by atoms with Crippen LogP contribution in [-0.4, -0.2) is 51.7 Å². The van der Waals surface area contributed by atoms with Gasteiger partial charge in [-0.2, -0.15) is 0 Å². The number of aromatic nitrogens is 1. The van der Waals surface area contributed by atoms with Crippen molar-refractivity contribution in [3.63, 3.8) is 0 Å². The van der Waals surface area contributed by atoms with Crippen LogP contribution >= 0.6 is 11.3 Å². The SMILES string of the molecule is CCOc1c(C=c2sc3n(c2=O)C(c2ccccc2OC)C(C(=O)OCCOC)=C(C)N=3)cccc1OC. The van der Waals surface area contributed by atoms with Crippen LogP contribution in [0.15, 0.2) is 63.5 Å². The van der Waals surface area contributed by atoms with Gasteiger partial charge in [-0.25, -0.2) is 9.79 Å². The lowest BCUT2D eigenvalue weighted by Gasteiger charge is -2.26. The summed E-state index contributed by atoms with van der Waals surface area (Å²) in [5.74, 6) is 1.08. The number of ether oxygens (including phenoxy) is 5. The Balaban J connectivity index is 1.94. The average Bonchev–Trinajstić information content (AvgIpc) is 3.23. The van der Waals surface area contributed by atoms with Crippen LogP contribution in [0.1, 0.15) is 31.0 Å². The number of para-hydroxylation sites is 2. The Morgan fingerprint density at radius 1 is 1.05 bits per heavy atom. The lowest BCUT2D eigenvalue weighted by atomic mass is 9.95. The summed E-state index contributed by atoms with van der Waals surface area (Å²) in [5.41, 5.74) is 1.77. The van der Waals surface area contributed by atoms with E-state index in [0.29, 0.717) is 50.0 Å². The smallest absolute Gasteiger partial charge is 0.338 e. The highest BCUT2D eigenvalue weighted by Gasteiger charge is 2.35. The van der Waals surface area contributed by atoms with Crippen molar-refractivity contribution in [2.75, 3.05) is 41.2 Å². The summed E-state index contributed by atoms with van der Waals surface area (Å²) in [6, 6.07) is 12.0. The summed E-state index contributed by atoms with van der Waals surface area (Å²) in [4.78, 5) is 32.3. The van der Waals surface area contributed by atoms with E-state index in [4.69, 9.17) is 23.7 Å². The van der Waals surface area contributed by atoms with Gasteiger partial charge in [0.25, 0.3) is 5.56 Å². The van der Waals surface area contributed by atoms with Crippen molar-refractivity contribution in [3.8, 4) is 17.2 Å². The zero-order valence-electron chi connectivity index (χ0n) is 22.0. The highest BCUT2D eigenvalue weighted by molar-refractivity contribution is 7.07. The summed E-state index contributed by atoms with van der Waals surface area (Å²) in [7, 11) is 4.65. The monoisotopic (exact) mass is 538 g/mol. The molecule has 0 spiro atoms. The van der Waals surface area contributed by atoms with Gasteiger partial charge in [0, 0.05) is 18.2 Å². The number of rotatable bonds is 10. The minimum Gasteiger partial charge on any atom is -0.496 e. The average molecular weight is 539 g/mol. The second-order valence-electron chi connectivity index (χ2n) is 8.26. The quantitative estimate of drug-likeness (QED) is 0.289. The molecule has 2 aromatic carbocycles. The van der Waals surface area contributed by atoms with Gasteiger partial charge < -0.3 is 23.7 Å². The summed E-state index contributed by atoms with van der Waals surface area (Å²) in [6.07, 6.45) is 1.76. The minimum atomic E-state index is -0.795. The van der Waals surface area contributed by atoms with Crippen LogP contribution in [0.4, 0.5) is 0 Å². The Hall–Kier alpha value is -3.89. The Morgan fingerprint density at radius 3 is 2.50 bits per heavy atom. The molecule has 9 nitrogen and oxygen atoms in total. The molecule has 1 unspecified atom stereocenters. The van der Waals surface area contributed by atoms with Crippen LogP contribution < -0.4 is 29.1 Å². The molecular weight excluding hydrogens is 508 g/mol. The highest BCUT2D eigenvalue weighted by Crippen LogP contribution is 2.36. The fraction of sp³-hybridized carbons (Fsp3) is 0.321. The van der Waals surface area contributed by atoms with Crippen LogP contribution in [0.3, 0.4) is 0 Å². The molecule has 2 heterocycles. The van der Waals surface area contributed by atoms with E-state index in [1.54, 1.807) is 39.4 Å². The maximum absolute atomic E-state index is 13.9. The molecule has 4 rings (SSSR count). The number of carbonyl (C=O) groups excluding carboxylic acids is 1. The van der Waals surface area contributed by atoms with Gasteiger partial charge in [-0.05, 0) is 32.1 Å². The summed E-state index contributed by atoms with van der Waals surface area (Å²) in [5, 5.41) is 0. The van der Waals surface area contributed by atoms with Crippen molar-refractivity contribution in [1.82, 2.24) is 4.57 Å². The predicted octanol–water partition coefficient (Wildman–Crippen LogP) is 2.84. The van der Waals surface area contributed by atoms with Gasteiger partial charge in [-0.1, -0.05) is 41.7 Å². The molecule has 38 heavy (non-hydrogen) atoms. The van der Waals surface area contributed by atoms with Gasteiger partial charge in [0.1, 0.15) is 18.4 Å². The first-order chi connectivity index (χ1) is 18.4. The molecule has 0 radical (unpaired) electrons. The molecule has 0 fully saturated rings. The van der Waals surface area contributed by atoms with Gasteiger partial charge >= 0.3 is 5.97 Å². The van der Waals surface area contributed by atoms with Crippen LogP contribution in [0.5, 0.6) is 17.2 Å². The standard InChI is InChI=1S/C28H30N2O7S/c1-6-36-25-18(10-9-13-21(25)35-5)16-22-26(31)30-24(19-11-7-8-12-20(19)34-4)23(17(2)29-28(30)38-22)27(32)37-15-14-33-3/h7-13,16,24H,6,14-15H2,1-5H3.